The number of nitro benzene ring substituents is 1. The first kappa shape index (κ1) is 20.8. The highest BCUT2D eigenvalue weighted by Gasteiger charge is 2.22. The van der Waals surface area contributed by atoms with Crippen molar-refractivity contribution in [3.63, 3.8) is 0 Å². The molecule has 156 valence electrons. The van der Waals surface area contributed by atoms with Crippen LogP contribution in [0.25, 0.3) is 0 Å². The van der Waals surface area contributed by atoms with Crippen molar-refractivity contribution in [3.05, 3.63) is 74.7 Å². The summed E-state index contributed by atoms with van der Waals surface area (Å²) in [5, 5.41) is 17.4. The third kappa shape index (κ3) is 4.40. The summed E-state index contributed by atoms with van der Waals surface area (Å²) in [6.07, 6.45) is 0. The summed E-state index contributed by atoms with van der Waals surface area (Å²) < 4.78 is 16.2. The third-order valence-electron chi connectivity index (χ3n) is 4.56. The maximum Gasteiger partial charge on any atom is 0.278 e. The fourth-order valence-corrected chi connectivity index (χ4v) is 2.83. The molecule has 0 aliphatic rings. The summed E-state index contributed by atoms with van der Waals surface area (Å²) in [7, 11) is 1.36. The number of anilines is 1. The Hall–Kier alpha value is -3.88. The highest BCUT2D eigenvalue weighted by molar-refractivity contribution is 6.04. The molecular weight excluding hydrogens is 390 g/mol. The van der Waals surface area contributed by atoms with E-state index in [0.29, 0.717) is 17.1 Å². The summed E-state index contributed by atoms with van der Waals surface area (Å²) in [6, 6.07) is 9.77. The number of ether oxygens (including phenoxy) is 2. The molecule has 1 amide bonds. The van der Waals surface area contributed by atoms with E-state index in [-0.39, 0.29) is 29.4 Å². The first-order valence-electron chi connectivity index (χ1n) is 9.09. The molecule has 0 bridgehead atoms. The molecule has 0 aliphatic carbocycles. The number of carbonyl (C=O) groups excluding carboxylic acids is 1. The quantitative estimate of drug-likeness (QED) is 0.454. The molecule has 0 saturated carbocycles. The number of carbonyl (C=O) groups is 1. The number of nitro groups is 1. The van der Waals surface area contributed by atoms with Crippen molar-refractivity contribution < 1.29 is 23.7 Å². The minimum absolute atomic E-state index is 0.0678. The minimum atomic E-state index is -0.544. The third-order valence-corrected chi connectivity index (χ3v) is 4.56. The predicted octanol–water partition coefficient (Wildman–Crippen LogP) is 4.35. The molecule has 0 radical (unpaired) electrons. The van der Waals surface area contributed by atoms with Gasteiger partial charge in [-0.05, 0) is 44.0 Å². The zero-order chi connectivity index (χ0) is 21.8. The number of aryl methyl sites for hydroxylation is 3. The summed E-state index contributed by atoms with van der Waals surface area (Å²) in [6.45, 7) is 5.69. The number of hydrogen-bond donors (Lipinski definition) is 1. The lowest BCUT2D eigenvalue weighted by Gasteiger charge is -2.11. The van der Waals surface area contributed by atoms with Gasteiger partial charge in [0.1, 0.15) is 23.9 Å². The monoisotopic (exact) mass is 411 g/mol. The molecule has 3 aromatic rings. The number of non-ortho nitro benzene ring substituents is 1. The van der Waals surface area contributed by atoms with Crippen molar-refractivity contribution in [3.8, 4) is 11.5 Å². The molecule has 0 aliphatic heterocycles. The molecular formula is C21H21N3O6. The molecule has 2 aromatic carbocycles. The van der Waals surface area contributed by atoms with Crippen LogP contribution in [0.4, 0.5) is 11.4 Å². The van der Waals surface area contributed by atoms with Gasteiger partial charge in [0, 0.05) is 6.07 Å². The smallest absolute Gasteiger partial charge is 0.278 e. The van der Waals surface area contributed by atoms with Crippen LogP contribution in [0.3, 0.4) is 0 Å². The molecule has 1 heterocycles. The van der Waals surface area contributed by atoms with Gasteiger partial charge >= 0.3 is 0 Å². The van der Waals surface area contributed by atoms with E-state index < -0.39 is 10.8 Å². The fraction of sp³-hybridized carbons (Fsp3) is 0.238. The SMILES string of the molecule is COc1cc([N+](=O)[O-])ccc1NC(=O)c1noc(C)c1COc1cc(C)ccc1C. The van der Waals surface area contributed by atoms with Gasteiger partial charge < -0.3 is 19.3 Å². The molecule has 30 heavy (non-hydrogen) atoms. The van der Waals surface area contributed by atoms with Gasteiger partial charge in [0.15, 0.2) is 5.69 Å². The lowest BCUT2D eigenvalue weighted by atomic mass is 10.1. The van der Waals surface area contributed by atoms with Gasteiger partial charge in [-0.2, -0.15) is 0 Å². The second kappa shape index (κ2) is 8.64. The van der Waals surface area contributed by atoms with Crippen molar-refractivity contribution in [1.29, 1.82) is 0 Å². The van der Waals surface area contributed by atoms with Crippen molar-refractivity contribution in [2.75, 3.05) is 12.4 Å². The summed E-state index contributed by atoms with van der Waals surface area (Å²) >= 11 is 0. The Morgan fingerprint density at radius 2 is 1.93 bits per heavy atom. The Labute approximate surface area is 172 Å². The molecule has 1 aromatic heterocycles. The van der Waals surface area contributed by atoms with Crippen molar-refractivity contribution in [1.82, 2.24) is 5.16 Å². The van der Waals surface area contributed by atoms with Gasteiger partial charge in [-0.15, -0.1) is 0 Å². The van der Waals surface area contributed by atoms with Crippen LogP contribution >= 0.6 is 0 Å². The van der Waals surface area contributed by atoms with Gasteiger partial charge in [0.25, 0.3) is 11.6 Å². The van der Waals surface area contributed by atoms with Crippen LogP contribution in [-0.2, 0) is 6.61 Å². The first-order chi connectivity index (χ1) is 14.3. The number of nitrogens with zero attached hydrogens (tertiary/aromatic N) is 2. The number of rotatable bonds is 7. The molecule has 0 unspecified atom stereocenters. The van der Waals surface area contributed by atoms with Crippen LogP contribution in [0.5, 0.6) is 11.5 Å². The molecule has 0 spiro atoms. The number of aromatic nitrogens is 1. The zero-order valence-corrected chi connectivity index (χ0v) is 17.0. The van der Waals surface area contributed by atoms with Crippen LogP contribution in [0.15, 0.2) is 40.9 Å². The van der Waals surface area contributed by atoms with Crippen LogP contribution in [-0.4, -0.2) is 23.1 Å². The van der Waals surface area contributed by atoms with Gasteiger partial charge in [-0.1, -0.05) is 17.3 Å². The van der Waals surface area contributed by atoms with Crippen LogP contribution in [0, 0.1) is 30.9 Å². The van der Waals surface area contributed by atoms with Gasteiger partial charge in [0.2, 0.25) is 0 Å². The molecule has 9 nitrogen and oxygen atoms in total. The number of nitrogens with one attached hydrogen (secondary N) is 1. The van der Waals surface area contributed by atoms with E-state index in [1.165, 1.54) is 25.3 Å². The average molecular weight is 411 g/mol. The fourth-order valence-electron chi connectivity index (χ4n) is 2.83. The van der Waals surface area contributed by atoms with Gasteiger partial charge in [0.05, 0.1) is 29.4 Å². The van der Waals surface area contributed by atoms with Crippen molar-refractivity contribution in [2.45, 2.75) is 27.4 Å². The van der Waals surface area contributed by atoms with Gasteiger partial charge in [-0.3, -0.25) is 14.9 Å². The second-order valence-electron chi connectivity index (χ2n) is 6.72. The van der Waals surface area contributed by atoms with E-state index in [4.69, 9.17) is 14.0 Å². The van der Waals surface area contributed by atoms with E-state index in [2.05, 4.69) is 10.5 Å². The summed E-state index contributed by atoms with van der Waals surface area (Å²) in [5.74, 6) is 0.782. The van der Waals surface area contributed by atoms with E-state index in [0.717, 1.165) is 11.1 Å². The highest BCUT2D eigenvalue weighted by atomic mass is 16.6. The normalized spacial score (nSPS) is 10.5. The van der Waals surface area contributed by atoms with E-state index >= 15 is 0 Å². The van der Waals surface area contributed by atoms with Gasteiger partial charge in [-0.25, -0.2) is 0 Å². The zero-order valence-electron chi connectivity index (χ0n) is 17.0. The van der Waals surface area contributed by atoms with E-state index in [1.807, 2.05) is 32.0 Å². The first-order valence-corrected chi connectivity index (χ1v) is 9.09. The molecule has 0 fully saturated rings. The Morgan fingerprint density at radius 3 is 2.63 bits per heavy atom. The number of hydrogen-bond acceptors (Lipinski definition) is 7. The Morgan fingerprint density at radius 1 is 1.17 bits per heavy atom. The van der Waals surface area contributed by atoms with Crippen LogP contribution in [0.1, 0.15) is 32.9 Å². The molecule has 0 saturated heterocycles. The molecule has 0 atom stereocenters. The van der Waals surface area contributed by atoms with Crippen molar-refractivity contribution >= 4 is 17.3 Å². The largest absolute Gasteiger partial charge is 0.494 e. The minimum Gasteiger partial charge on any atom is -0.494 e. The summed E-state index contributed by atoms with van der Waals surface area (Å²) in [4.78, 5) is 23.2. The predicted molar refractivity (Wildman–Crippen MR) is 109 cm³/mol. The number of amides is 1. The van der Waals surface area contributed by atoms with E-state index in [9.17, 15) is 14.9 Å². The Kier molecular flexibility index (Phi) is 6.01. The Bertz CT molecular complexity index is 1110. The topological polar surface area (TPSA) is 117 Å². The standard InChI is InChI=1S/C21H21N3O6/c1-12-5-6-13(2)18(9-12)29-11-16-14(3)30-23-20(16)21(25)22-17-8-7-15(24(26)27)10-19(17)28-4/h5-10H,11H2,1-4H3,(H,22,25). The number of benzene rings is 2. The van der Waals surface area contributed by atoms with Crippen LogP contribution in [0.2, 0.25) is 0 Å². The maximum absolute atomic E-state index is 12.8. The van der Waals surface area contributed by atoms with Crippen molar-refractivity contribution in [2.24, 2.45) is 0 Å². The lowest BCUT2D eigenvalue weighted by Crippen LogP contribution is -2.16. The average Bonchev–Trinajstić information content (AvgIpc) is 3.09. The lowest BCUT2D eigenvalue weighted by molar-refractivity contribution is -0.384. The highest BCUT2D eigenvalue weighted by Crippen LogP contribution is 2.30. The Balaban J connectivity index is 1.81. The molecule has 9 heteroatoms. The summed E-state index contributed by atoms with van der Waals surface area (Å²) in [5.41, 5.74) is 2.73. The van der Waals surface area contributed by atoms with Crippen LogP contribution < -0.4 is 14.8 Å². The molecule has 3 rings (SSSR count). The second-order valence-corrected chi connectivity index (χ2v) is 6.72. The van der Waals surface area contributed by atoms with E-state index in [1.54, 1.807) is 6.92 Å². The number of methoxy groups -OCH3 is 1. The maximum atomic E-state index is 12.8. The molecule has 1 N–H and O–H groups in total.